The van der Waals surface area contributed by atoms with Crippen LogP contribution in [0.5, 0.6) is 17.4 Å². The summed E-state index contributed by atoms with van der Waals surface area (Å²) in [6.07, 6.45) is 3.62. The van der Waals surface area contributed by atoms with E-state index >= 15 is 0 Å². The summed E-state index contributed by atoms with van der Waals surface area (Å²) in [7, 11) is 6.71. The van der Waals surface area contributed by atoms with Gasteiger partial charge in [0.15, 0.2) is 0 Å². The molecule has 0 spiro atoms. The molecule has 1 aliphatic heterocycles. The fourth-order valence-electron chi connectivity index (χ4n) is 3.69. The van der Waals surface area contributed by atoms with Gasteiger partial charge in [-0.15, -0.1) is 0 Å². The summed E-state index contributed by atoms with van der Waals surface area (Å²) < 4.78 is 46.3. The van der Waals surface area contributed by atoms with Gasteiger partial charge in [0.25, 0.3) is 0 Å². The number of rotatable bonds is 10. The van der Waals surface area contributed by atoms with Crippen LogP contribution in [0.4, 0.5) is 5.69 Å². The molecule has 1 unspecified atom stereocenters. The predicted octanol–water partition coefficient (Wildman–Crippen LogP) is 1.38. The summed E-state index contributed by atoms with van der Waals surface area (Å²) in [6, 6.07) is 11.9. The highest BCUT2D eigenvalue weighted by Gasteiger charge is 2.48. The Hall–Kier alpha value is -4.24. The number of ether oxygens (including phenoxy) is 3. The molecule has 3 N–H and O–H groups in total. The average molecular weight is 587 g/mol. The van der Waals surface area contributed by atoms with E-state index in [4.69, 9.17) is 29.9 Å². The first-order valence-corrected chi connectivity index (χ1v) is 13.8. The van der Waals surface area contributed by atoms with Gasteiger partial charge in [-0.05, 0) is 44.2 Å². The molecule has 3 aromatic heterocycles. The van der Waals surface area contributed by atoms with E-state index in [0.717, 1.165) is 11.3 Å². The molecule has 0 fully saturated rings. The van der Waals surface area contributed by atoms with E-state index in [9.17, 15) is 18.6 Å². The number of fused-ring (bicyclic) bond motifs is 1. The van der Waals surface area contributed by atoms with E-state index in [1.165, 1.54) is 55.1 Å². The molecule has 16 heteroatoms. The molecule has 1 aliphatic rings. The summed E-state index contributed by atoms with van der Waals surface area (Å²) in [5.41, 5.74) is 3.32. The molecule has 0 bridgehead atoms. The molecular weight excluding hydrogens is 564 g/mol. The maximum absolute atomic E-state index is 12.5. The van der Waals surface area contributed by atoms with E-state index in [1.54, 1.807) is 19.1 Å². The standard InChI is InChI=1S/C26H23B2N5O8S/c1-15-3-7-20(8-4-15)42(36,37)41-26(34,35)25(27,28)40-18-6-5-17(29-11-18)13-38-19-10-22-23(30-12-19)39-24(33-22)21-9-16(2)31-14-32-21/h3-12,14,24,33-35H,13H2,1-2H3. The second-order valence-corrected chi connectivity index (χ2v) is 10.9. The smallest absolute Gasteiger partial charge is 0.316 e. The first kappa shape index (κ1) is 29.3. The first-order valence-electron chi connectivity index (χ1n) is 12.3. The minimum atomic E-state index is -4.67. The van der Waals surface area contributed by atoms with Crippen LogP contribution in [0.2, 0.25) is 0 Å². The normalized spacial score (nSPS) is 14.9. The van der Waals surface area contributed by atoms with Crippen molar-refractivity contribution in [1.82, 2.24) is 19.9 Å². The maximum atomic E-state index is 12.5. The van der Waals surface area contributed by atoms with E-state index in [0.29, 0.717) is 28.7 Å². The number of nitrogens with one attached hydrogen (secondary N) is 1. The molecule has 42 heavy (non-hydrogen) atoms. The van der Waals surface area contributed by atoms with E-state index in [-0.39, 0.29) is 17.3 Å². The Balaban J connectivity index is 1.18. The Kier molecular flexibility index (Phi) is 7.81. The van der Waals surface area contributed by atoms with Gasteiger partial charge in [-0.2, -0.15) is 8.42 Å². The second-order valence-electron chi connectivity index (χ2n) is 9.38. The summed E-state index contributed by atoms with van der Waals surface area (Å²) in [4.78, 5) is 16.4. The van der Waals surface area contributed by atoms with Gasteiger partial charge in [-0.25, -0.2) is 19.1 Å². The van der Waals surface area contributed by atoms with Crippen LogP contribution in [0.3, 0.4) is 0 Å². The van der Waals surface area contributed by atoms with Gasteiger partial charge in [-0.3, -0.25) is 4.98 Å². The number of aromatic nitrogens is 4. The van der Waals surface area contributed by atoms with Gasteiger partial charge in [-0.1, -0.05) is 17.7 Å². The van der Waals surface area contributed by atoms with Crippen molar-refractivity contribution >= 4 is 31.5 Å². The highest BCUT2D eigenvalue weighted by molar-refractivity contribution is 7.86. The zero-order valence-corrected chi connectivity index (χ0v) is 23.1. The molecule has 0 aliphatic carbocycles. The zero-order valence-electron chi connectivity index (χ0n) is 22.3. The third-order valence-electron chi connectivity index (χ3n) is 5.95. The second kappa shape index (κ2) is 11.2. The fourth-order valence-corrected chi connectivity index (χ4v) is 4.69. The molecule has 212 valence electrons. The number of aryl methyl sites for hydroxylation is 2. The Morgan fingerprint density at radius 3 is 2.40 bits per heavy atom. The summed E-state index contributed by atoms with van der Waals surface area (Å²) in [5, 5.41) is 20.8. The quantitative estimate of drug-likeness (QED) is 0.138. The van der Waals surface area contributed by atoms with Crippen molar-refractivity contribution in [3.05, 3.63) is 89.9 Å². The molecule has 13 nitrogen and oxygen atoms in total. The lowest BCUT2D eigenvalue weighted by Crippen LogP contribution is -2.61. The number of aliphatic hydroxyl groups is 2. The number of benzene rings is 1. The van der Waals surface area contributed by atoms with E-state index in [1.807, 2.05) is 6.92 Å². The van der Waals surface area contributed by atoms with Crippen LogP contribution >= 0.6 is 0 Å². The van der Waals surface area contributed by atoms with Crippen molar-refractivity contribution < 1.29 is 37.0 Å². The van der Waals surface area contributed by atoms with Crippen molar-refractivity contribution in [2.24, 2.45) is 0 Å². The van der Waals surface area contributed by atoms with Crippen LogP contribution in [-0.2, 0) is 20.9 Å². The van der Waals surface area contributed by atoms with E-state index < -0.39 is 27.7 Å². The van der Waals surface area contributed by atoms with Gasteiger partial charge in [0.05, 0.1) is 23.0 Å². The molecular formula is C26H23B2N5O8S. The third kappa shape index (κ3) is 6.46. The van der Waals surface area contributed by atoms with Gasteiger partial charge in [0, 0.05) is 11.8 Å². The van der Waals surface area contributed by atoms with Crippen molar-refractivity contribution in [3.63, 3.8) is 0 Å². The van der Waals surface area contributed by atoms with Crippen LogP contribution in [0.25, 0.3) is 0 Å². The van der Waals surface area contributed by atoms with Crippen molar-refractivity contribution in [1.29, 1.82) is 0 Å². The van der Waals surface area contributed by atoms with Crippen molar-refractivity contribution in [3.8, 4) is 17.4 Å². The SMILES string of the molecule is [B]C([B])(Oc1ccc(COc2cnc3c(c2)NC(c2cc(C)ncn2)O3)nc1)C(O)(O)OS(=O)(=O)c1ccc(C)cc1. The monoisotopic (exact) mass is 587 g/mol. The lowest BCUT2D eigenvalue weighted by molar-refractivity contribution is -0.324. The maximum Gasteiger partial charge on any atom is 0.316 e. The summed E-state index contributed by atoms with van der Waals surface area (Å²) in [6.45, 7) is 3.64. The highest BCUT2D eigenvalue weighted by atomic mass is 32.2. The Morgan fingerprint density at radius 1 is 0.976 bits per heavy atom. The number of hydrogen-bond donors (Lipinski definition) is 3. The molecule has 0 amide bonds. The van der Waals surface area contributed by atoms with E-state index in [2.05, 4.69) is 29.4 Å². The minimum absolute atomic E-state index is 0.0361. The number of pyridine rings is 2. The highest BCUT2D eigenvalue weighted by Crippen LogP contribution is 2.37. The lowest BCUT2D eigenvalue weighted by Gasteiger charge is -2.37. The molecule has 5 rings (SSSR count). The molecule has 4 heterocycles. The molecule has 1 atom stereocenters. The van der Waals surface area contributed by atoms with Crippen LogP contribution in [0, 0.1) is 13.8 Å². The predicted molar refractivity (Wildman–Crippen MR) is 148 cm³/mol. The number of nitrogens with zero attached hydrogens (tertiary/aromatic N) is 4. The summed E-state index contributed by atoms with van der Waals surface area (Å²) >= 11 is 0. The van der Waals surface area contributed by atoms with Crippen molar-refractivity contribution in [2.75, 3.05) is 5.32 Å². The topological polar surface area (TPSA) is 175 Å². The van der Waals surface area contributed by atoms with Crippen LogP contribution in [0.1, 0.15) is 28.9 Å². The minimum Gasteiger partial charge on any atom is -0.497 e. The van der Waals surface area contributed by atoms with Gasteiger partial charge in [0.2, 0.25) is 12.1 Å². The number of hydrogen-bond acceptors (Lipinski definition) is 13. The molecule has 1 aromatic carbocycles. The Morgan fingerprint density at radius 2 is 1.71 bits per heavy atom. The van der Waals surface area contributed by atoms with Crippen LogP contribution < -0.4 is 19.5 Å². The van der Waals surface area contributed by atoms with Gasteiger partial charge in [0.1, 0.15) is 56.9 Å². The largest absolute Gasteiger partial charge is 0.497 e. The number of anilines is 1. The summed E-state index contributed by atoms with van der Waals surface area (Å²) in [5.74, 6) is -2.93. The van der Waals surface area contributed by atoms with Crippen LogP contribution in [0.15, 0.2) is 72.1 Å². The lowest BCUT2D eigenvalue weighted by atomic mass is 9.63. The average Bonchev–Trinajstić information content (AvgIpc) is 3.36. The van der Waals surface area contributed by atoms with Gasteiger partial charge < -0.3 is 29.7 Å². The molecule has 0 saturated carbocycles. The Bertz CT molecular complexity index is 1690. The third-order valence-corrected chi connectivity index (χ3v) is 7.25. The molecule has 4 aromatic rings. The van der Waals surface area contributed by atoms with Gasteiger partial charge >= 0.3 is 16.1 Å². The Labute approximate surface area is 243 Å². The first-order chi connectivity index (χ1) is 19.8. The van der Waals surface area contributed by atoms with Crippen molar-refractivity contribution in [2.45, 2.75) is 43.0 Å². The zero-order chi connectivity index (χ0) is 30.1. The van der Waals surface area contributed by atoms with Crippen LogP contribution in [-0.4, -0.2) is 65.6 Å². The molecule has 0 saturated heterocycles. The molecule has 4 radical (unpaired) electrons. The fraction of sp³-hybridized carbons (Fsp3) is 0.231.